The summed E-state index contributed by atoms with van der Waals surface area (Å²) in [7, 11) is 0. The van der Waals surface area contributed by atoms with Gasteiger partial charge in [0.1, 0.15) is 0 Å². The number of nitrogens with one attached hydrogen (secondary N) is 1. The molecule has 1 aliphatic rings. The first-order valence-corrected chi connectivity index (χ1v) is 9.64. The number of ketones is 1. The van der Waals surface area contributed by atoms with E-state index in [0.29, 0.717) is 24.2 Å². The van der Waals surface area contributed by atoms with Gasteiger partial charge in [-0.25, -0.2) is 4.79 Å². The van der Waals surface area contributed by atoms with Crippen LogP contribution in [0.3, 0.4) is 0 Å². The number of nitro benzene ring substituents is 1. The number of benzene rings is 2. The minimum atomic E-state index is -0.906. The molecule has 2 N–H and O–H groups in total. The van der Waals surface area contributed by atoms with Crippen molar-refractivity contribution in [2.45, 2.75) is 12.8 Å². The van der Waals surface area contributed by atoms with Gasteiger partial charge in [-0.2, -0.15) is 0 Å². The van der Waals surface area contributed by atoms with Crippen LogP contribution in [0.4, 0.5) is 17.1 Å². The van der Waals surface area contributed by atoms with Gasteiger partial charge in [0.15, 0.2) is 12.4 Å². The van der Waals surface area contributed by atoms with E-state index in [1.807, 2.05) is 0 Å². The van der Waals surface area contributed by atoms with Gasteiger partial charge in [0.05, 0.1) is 17.1 Å². The molecule has 1 aliphatic heterocycles. The molecule has 0 atom stereocenters. The summed E-state index contributed by atoms with van der Waals surface area (Å²) in [6.45, 7) is 0.00836. The topological polar surface area (TPSA) is 139 Å². The van der Waals surface area contributed by atoms with Crippen molar-refractivity contribution in [3.8, 4) is 0 Å². The zero-order valence-electron chi connectivity index (χ0n) is 16.6. The maximum atomic E-state index is 12.5. The molecule has 31 heavy (non-hydrogen) atoms. The zero-order valence-corrected chi connectivity index (χ0v) is 16.6. The van der Waals surface area contributed by atoms with Gasteiger partial charge in [-0.1, -0.05) is 0 Å². The van der Waals surface area contributed by atoms with Crippen molar-refractivity contribution in [2.75, 3.05) is 36.5 Å². The number of hydrogen-bond donors (Lipinski definition) is 2. The molecule has 1 fully saturated rings. The molecule has 0 saturated carbocycles. The molecule has 0 unspecified atom stereocenters. The van der Waals surface area contributed by atoms with Crippen LogP contribution in [0.25, 0.3) is 0 Å². The fraction of sp³-hybridized carbons (Fsp3) is 0.286. The molecule has 1 heterocycles. The van der Waals surface area contributed by atoms with Crippen LogP contribution >= 0.6 is 0 Å². The monoisotopic (exact) mass is 427 g/mol. The number of nitro groups is 1. The average molecular weight is 427 g/mol. The van der Waals surface area contributed by atoms with E-state index in [0.717, 1.165) is 12.5 Å². The van der Waals surface area contributed by atoms with Crippen LogP contribution in [0.1, 0.15) is 33.6 Å². The molecule has 10 heteroatoms. The smallest absolute Gasteiger partial charge is 0.340 e. The Labute approximate surface area is 177 Å². The quantitative estimate of drug-likeness (QED) is 0.269. The molecular weight excluding hydrogens is 406 g/mol. The molecule has 0 bridgehead atoms. The molecule has 0 radical (unpaired) electrons. The van der Waals surface area contributed by atoms with Crippen molar-refractivity contribution >= 4 is 34.7 Å². The highest BCUT2D eigenvalue weighted by molar-refractivity contribution is 6.02. The predicted octanol–water partition coefficient (Wildman–Crippen LogP) is 2.17. The molecule has 0 spiro atoms. The highest BCUT2D eigenvalue weighted by atomic mass is 16.6. The highest BCUT2D eigenvalue weighted by Crippen LogP contribution is 2.24. The molecule has 2 aromatic carbocycles. The van der Waals surface area contributed by atoms with Gasteiger partial charge in [-0.05, 0) is 36.8 Å². The van der Waals surface area contributed by atoms with Crippen LogP contribution in [0.2, 0.25) is 0 Å². The number of non-ortho nitro benzene ring substituents is 1. The Morgan fingerprint density at radius 2 is 1.94 bits per heavy atom. The first kappa shape index (κ1) is 21.9. The summed E-state index contributed by atoms with van der Waals surface area (Å²) < 4.78 is 5.07. The summed E-state index contributed by atoms with van der Waals surface area (Å²) in [5, 5.41) is 22.7. The second-order valence-electron chi connectivity index (χ2n) is 6.83. The van der Waals surface area contributed by atoms with Gasteiger partial charge in [0.2, 0.25) is 5.91 Å². The maximum Gasteiger partial charge on any atom is 0.340 e. The van der Waals surface area contributed by atoms with E-state index in [1.165, 1.54) is 12.1 Å². The maximum absolute atomic E-state index is 12.5. The lowest BCUT2D eigenvalue weighted by molar-refractivity contribution is -0.384. The third-order valence-electron chi connectivity index (χ3n) is 4.77. The second-order valence-corrected chi connectivity index (χ2v) is 6.83. The molecule has 1 amide bonds. The Morgan fingerprint density at radius 1 is 1.19 bits per heavy atom. The van der Waals surface area contributed by atoms with Crippen LogP contribution in [-0.2, 0) is 9.53 Å². The van der Waals surface area contributed by atoms with Gasteiger partial charge >= 0.3 is 5.97 Å². The van der Waals surface area contributed by atoms with E-state index in [4.69, 9.17) is 9.84 Å². The number of hydrogen-bond acceptors (Lipinski definition) is 8. The van der Waals surface area contributed by atoms with Crippen LogP contribution in [-0.4, -0.2) is 54.0 Å². The largest absolute Gasteiger partial charge is 0.454 e. The number of aliphatic hydroxyl groups excluding tert-OH is 1. The summed E-state index contributed by atoms with van der Waals surface area (Å²) in [6.07, 6.45) is 1.30. The Hall–Kier alpha value is -3.79. The van der Waals surface area contributed by atoms with Gasteiger partial charge in [-0.15, -0.1) is 0 Å². The predicted molar refractivity (Wildman–Crippen MR) is 111 cm³/mol. The number of carbonyl (C=O) groups is 3. The number of rotatable bonds is 9. The lowest BCUT2D eigenvalue weighted by Crippen LogP contribution is -2.23. The number of Topliss-reactive ketones (excluding diaryl/α,β-unsaturated/α-hetero) is 1. The first-order valence-electron chi connectivity index (χ1n) is 9.64. The number of ether oxygens (including phenoxy) is 1. The third-order valence-corrected chi connectivity index (χ3v) is 4.77. The van der Waals surface area contributed by atoms with Crippen molar-refractivity contribution in [1.29, 1.82) is 0 Å². The molecule has 0 aliphatic carbocycles. The Balaban J connectivity index is 1.67. The van der Waals surface area contributed by atoms with Gasteiger partial charge in [-0.3, -0.25) is 19.7 Å². The molecule has 1 saturated heterocycles. The van der Waals surface area contributed by atoms with Crippen molar-refractivity contribution in [3.63, 3.8) is 0 Å². The molecular formula is C21H21N3O7. The summed E-state index contributed by atoms with van der Waals surface area (Å²) >= 11 is 0. The minimum absolute atomic E-state index is 0.0376. The van der Waals surface area contributed by atoms with Gasteiger partial charge in [0.25, 0.3) is 5.69 Å². The van der Waals surface area contributed by atoms with E-state index in [9.17, 15) is 24.5 Å². The number of anilines is 2. The third kappa shape index (κ3) is 5.23. The Morgan fingerprint density at radius 3 is 2.55 bits per heavy atom. The molecule has 2 aromatic rings. The first-order chi connectivity index (χ1) is 14.9. The Bertz CT molecular complexity index is 1000. The lowest BCUT2D eigenvalue weighted by atomic mass is 10.1. The number of amides is 1. The van der Waals surface area contributed by atoms with E-state index < -0.39 is 23.3 Å². The number of nitrogens with zero attached hydrogens (tertiary/aromatic N) is 2. The van der Waals surface area contributed by atoms with Crippen molar-refractivity contribution < 1.29 is 29.2 Å². The van der Waals surface area contributed by atoms with Gasteiger partial charge in [0, 0.05) is 48.6 Å². The molecule has 0 aromatic heterocycles. The van der Waals surface area contributed by atoms with Crippen LogP contribution in [0, 0.1) is 10.1 Å². The highest BCUT2D eigenvalue weighted by Gasteiger charge is 2.22. The summed E-state index contributed by atoms with van der Waals surface area (Å²) in [6, 6.07) is 10.0. The fourth-order valence-electron chi connectivity index (χ4n) is 3.20. The molecule has 3 rings (SSSR count). The summed E-state index contributed by atoms with van der Waals surface area (Å²) in [5.41, 5.74) is 0.836. The minimum Gasteiger partial charge on any atom is -0.454 e. The fourth-order valence-corrected chi connectivity index (χ4v) is 3.20. The number of carbonyl (C=O) groups excluding carboxylic acids is 3. The van der Waals surface area contributed by atoms with E-state index >= 15 is 0 Å². The molecule has 10 nitrogen and oxygen atoms in total. The van der Waals surface area contributed by atoms with E-state index in [-0.39, 0.29) is 36.0 Å². The summed E-state index contributed by atoms with van der Waals surface area (Å²) in [5.74, 6) is -1.32. The van der Waals surface area contributed by atoms with Crippen molar-refractivity contribution in [1.82, 2.24) is 0 Å². The lowest BCUT2D eigenvalue weighted by Gasteiger charge is -2.15. The zero-order chi connectivity index (χ0) is 22.4. The SMILES string of the molecule is O=C(COC(=O)c1cc([N+](=O)[O-])ccc1NCCO)c1ccc(N2CCCC2=O)cc1. The second kappa shape index (κ2) is 9.81. The van der Waals surface area contributed by atoms with Crippen molar-refractivity contribution in [2.24, 2.45) is 0 Å². The Kier molecular flexibility index (Phi) is 6.93. The standard InChI is InChI=1S/C21H21N3O7/c25-11-9-22-18-8-7-16(24(29)30)12-17(18)21(28)31-13-19(26)14-3-5-15(6-4-14)23-10-1-2-20(23)27/h3-8,12,22,25H,1-2,9-11,13H2. The number of aliphatic hydroxyl groups is 1. The van der Waals surface area contributed by atoms with E-state index in [2.05, 4.69) is 5.32 Å². The normalized spacial score (nSPS) is 13.2. The molecule has 162 valence electrons. The van der Waals surface area contributed by atoms with Crippen LogP contribution < -0.4 is 10.2 Å². The van der Waals surface area contributed by atoms with Crippen LogP contribution in [0.15, 0.2) is 42.5 Å². The van der Waals surface area contributed by atoms with Gasteiger partial charge < -0.3 is 20.1 Å². The van der Waals surface area contributed by atoms with Crippen LogP contribution in [0.5, 0.6) is 0 Å². The van der Waals surface area contributed by atoms with E-state index in [1.54, 1.807) is 29.2 Å². The average Bonchev–Trinajstić information content (AvgIpc) is 3.21. The summed E-state index contributed by atoms with van der Waals surface area (Å²) in [4.78, 5) is 48.7. The number of esters is 1. The van der Waals surface area contributed by atoms with Crippen molar-refractivity contribution in [3.05, 3.63) is 63.7 Å².